The number of carbonyl (C=O) groups is 1. The molecule has 1 amide bonds. The van der Waals surface area contributed by atoms with E-state index in [-0.39, 0.29) is 5.91 Å². The number of rotatable bonds is 6. The molecule has 0 N–H and O–H groups in total. The maximum Gasteiger partial charge on any atom is 0.236 e. The van der Waals surface area contributed by atoms with Crippen molar-refractivity contribution in [2.45, 2.75) is 38.4 Å². The third-order valence-corrected chi connectivity index (χ3v) is 5.20. The number of hydrogen-bond acceptors (Lipinski definition) is 4. The summed E-state index contributed by atoms with van der Waals surface area (Å²) in [5.41, 5.74) is 1.21. The number of likely N-dealkylation sites (N-methyl/N-ethyl adjacent to an activating group) is 1. The summed E-state index contributed by atoms with van der Waals surface area (Å²) >= 11 is 1.67. The van der Waals surface area contributed by atoms with Crippen molar-refractivity contribution >= 4 is 17.2 Å². The van der Waals surface area contributed by atoms with Gasteiger partial charge in [0.2, 0.25) is 5.91 Å². The molecule has 0 aromatic carbocycles. The highest BCUT2D eigenvalue weighted by Crippen LogP contribution is 2.18. The molecule has 3 heterocycles. The normalized spacial score (nSPS) is 18.9. The molecule has 1 aliphatic heterocycles. The zero-order chi connectivity index (χ0) is 16.1. The summed E-state index contributed by atoms with van der Waals surface area (Å²) in [6.07, 6.45) is 7.37. The molecule has 2 aromatic rings. The highest BCUT2D eigenvalue weighted by atomic mass is 32.1. The summed E-state index contributed by atoms with van der Waals surface area (Å²) < 4.78 is 1.97. The molecule has 0 saturated carbocycles. The van der Waals surface area contributed by atoms with Crippen LogP contribution < -0.4 is 0 Å². The lowest BCUT2D eigenvalue weighted by Crippen LogP contribution is -2.47. The molecule has 0 radical (unpaired) electrons. The molecule has 3 rings (SSSR count). The number of thiophene rings is 1. The fraction of sp³-hybridized carbons (Fsp3) is 0.529. The van der Waals surface area contributed by atoms with Gasteiger partial charge in [-0.1, -0.05) is 6.42 Å². The molecule has 124 valence electrons. The number of amides is 1. The van der Waals surface area contributed by atoms with E-state index in [9.17, 15) is 4.79 Å². The summed E-state index contributed by atoms with van der Waals surface area (Å²) in [5.74, 6) is 0.198. The molecule has 23 heavy (non-hydrogen) atoms. The van der Waals surface area contributed by atoms with Crippen LogP contribution in [-0.2, 0) is 17.9 Å². The Morgan fingerprint density at radius 3 is 3.13 bits per heavy atom. The minimum absolute atomic E-state index is 0.198. The van der Waals surface area contributed by atoms with Crippen molar-refractivity contribution in [3.05, 3.63) is 40.8 Å². The minimum atomic E-state index is 0.198. The second-order valence-corrected chi connectivity index (χ2v) is 7.01. The zero-order valence-corrected chi connectivity index (χ0v) is 14.4. The number of aromatic nitrogens is 2. The monoisotopic (exact) mass is 332 g/mol. The molecule has 1 saturated heterocycles. The molecule has 1 aliphatic rings. The van der Waals surface area contributed by atoms with Crippen LogP contribution in [0.1, 0.15) is 24.8 Å². The molecule has 1 atom stereocenters. The summed E-state index contributed by atoms with van der Waals surface area (Å²) in [7, 11) is 1.90. The molecule has 0 unspecified atom stereocenters. The second-order valence-electron chi connectivity index (χ2n) is 6.23. The lowest BCUT2D eigenvalue weighted by molar-refractivity contribution is -0.132. The second kappa shape index (κ2) is 7.75. The fourth-order valence-electron chi connectivity index (χ4n) is 3.14. The Labute approximate surface area is 141 Å². The smallest absolute Gasteiger partial charge is 0.236 e. The minimum Gasteiger partial charge on any atom is -0.340 e. The number of hydrogen-bond donors (Lipinski definition) is 0. The maximum absolute atomic E-state index is 12.6. The molecule has 0 spiro atoms. The topological polar surface area (TPSA) is 41.4 Å². The van der Waals surface area contributed by atoms with Gasteiger partial charge in [-0.15, -0.1) is 0 Å². The van der Waals surface area contributed by atoms with Gasteiger partial charge < -0.3 is 4.90 Å². The molecule has 0 bridgehead atoms. The third kappa shape index (κ3) is 4.42. The predicted octanol–water partition coefficient (Wildman–Crippen LogP) is 2.46. The van der Waals surface area contributed by atoms with E-state index in [4.69, 9.17) is 0 Å². The van der Waals surface area contributed by atoms with Crippen LogP contribution >= 0.6 is 11.3 Å². The van der Waals surface area contributed by atoms with Gasteiger partial charge in [0.1, 0.15) is 0 Å². The number of likely N-dealkylation sites (tertiary alicyclic amines) is 1. The van der Waals surface area contributed by atoms with E-state index in [2.05, 4.69) is 26.8 Å². The van der Waals surface area contributed by atoms with Gasteiger partial charge in [-0.2, -0.15) is 16.4 Å². The molecule has 2 aromatic heterocycles. The van der Waals surface area contributed by atoms with E-state index in [0.717, 1.165) is 19.5 Å². The van der Waals surface area contributed by atoms with Crippen LogP contribution in [0.5, 0.6) is 0 Å². The van der Waals surface area contributed by atoms with Crippen molar-refractivity contribution < 1.29 is 4.79 Å². The summed E-state index contributed by atoms with van der Waals surface area (Å²) in [4.78, 5) is 16.7. The van der Waals surface area contributed by atoms with Crippen LogP contribution in [0.2, 0.25) is 0 Å². The standard InChI is InChI=1S/C17H24N4OS/c1-19(11-15-6-10-23-14-15)17(22)13-20-8-3-2-5-16(20)12-21-9-4-7-18-21/h4,6-7,9-10,14,16H,2-3,5,8,11-13H2,1H3/t16-/m1/s1. The van der Waals surface area contributed by atoms with Crippen LogP contribution in [0.15, 0.2) is 35.3 Å². The van der Waals surface area contributed by atoms with Gasteiger partial charge in [0.05, 0.1) is 13.1 Å². The quantitative estimate of drug-likeness (QED) is 0.816. The summed E-state index contributed by atoms with van der Waals surface area (Å²) in [6.45, 7) is 3.07. The Balaban J connectivity index is 1.56. The van der Waals surface area contributed by atoms with Crippen molar-refractivity contribution in [1.29, 1.82) is 0 Å². The number of piperidine rings is 1. The predicted molar refractivity (Wildman–Crippen MR) is 92.2 cm³/mol. The van der Waals surface area contributed by atoms with Crippen LogP contribution in [0, 0.1) is 0 Å². The summed E-state index contributed by atoms with van der Waals surface area (Å²) in [6, 6.07) is 4.44. The van der Waals surface area contributed by atoms with Crippen molar-refractivity contribution in [3.63, 3.8) is 0 Å². The van der Waals surface area contributed by atoms with Gasteiger partial charge in [0.15, 0.2) is 0 Å². The number of nitrogens with zero attached hydrogens (tertiary/aromatic N) is 4. The molecular formula is C17H24N4OS. The van der Waals surface area contributed by atoms with Crippen LogP contribution in [-0.4, -0.2) is 51.7 Å². The van der Waals surface area contributed by atoms with E-state index in [1.165, 1.54) is 18.4 Å². The largest absolute Gasteiger partial charge is 0.340 e. The zero-order valence-electron chi connectivity index (χ0n) is 13.6. The Morgan fingerprint density at radius 2 is 2.39 bits per heavy atom. The van der Waals surface area contributed by atoms with Crippen molar-refractivity contribution in [3.8, 4) is 0 Å². The SMILES string of the molecule is CN(Cc1ccsc1)C(=O)CN1CCCC[C@@H]1Cn1cccn1. The van der Waals surface area contributed by atoms with Crippen molar-refractivity contribution in [1.82, 2.24) is 19.6 Å². The molecule has 6 heteroatoms. The van der Waals surface area contributed by atoms with Crippen LogP contribution in [0.25, 0.3) is 0 Å². The fourth-order valence-corrected chi connectivity index (χ4v) is 3.80. The van der Waals surface area contributed by atoms with Gasteiger partial charge in [-0.25, -0.2) is 0 Å². The highest BCUT2D eigenvalue weighted by Gasteiger charge is 2.25. The Bertz CT molecular complexity index is 596. The average Bonchev–Trinajstić information content (AvgIpc) is 3.23. The van der Waals surface area contributed by atoms with Crippen molar-refractivity contribution in [2.24, 2.45) is 0 Å². The lowest BCUT2D eigenvalue weighted by Gasteiger charge is -2.36. The van der Waals surface area contributed by atoms with E-state index in [1.54, 1.807) is 11.3 Å². The first-order chi connectivity index (χ1) is 11.2. The first kappa shape index (κ1) is 16.2. The average molecular weight is 332 g/mol. The Kier molecular flexibility index (Phi) is 5.46. The Morgan fingerprint density at radius 1 is 1.48 bits per heavy atom. The van der Waals surface area contributed by atoms with E-state index in [0.29, 0.717) is 19.1 Å². The molecular weight excluding hydrogens is 308 g/mol. The van der Waals surface area contributed by atoms with E-state index >= 15 is 0 Å². The molecule has 1 fully saturated rings. The van der Waals surface area contributed by atoms with Crippen LogP contribution in [0.4, 0.5) is 0 Å². The van der Waals surface area contributed by atoms with Crippen molar-refractivity contribution in [2.75, 3.05) is 20.1 Å². The van der Waals surface area contributed by atoms with Gasteiger partial charge in [-0.05, 0) is 47.8 Å². The lowest BCUT2D eigenvalue weighted by atomic mass is 10.0. The third-order valence-electron chi connectivity index (χ3n) is 4.47. The maximum atomic E-state index is 12.6. The van der Waals surface area contributed by atoms with Crippen LogP contribution in [0.3, 0.4) is 0 Å². The van der Waals surface area contributed by atoms with E-state index < -0.39 is 0 Å². The Hall–Kier alpha value is -1.66. The highest BCUT2D eigenvalue weighted by molar-refractivity contribution is 7.07. The van der Waals surface area contributed by atoms with E-state index in [1.807, 2.05) is 35.1 Å². The van der Waals surface area contributed by atoms with Gasteiger partial charge in [0.25, 0.3) is 0 Å². The molecule has 0 aliphatic carbocycles. The summed E-state index contributed by atoms with van der Waals surface area (Å²) in [5, 5.41) is 8.46. The number of carbonyl (C=O) groups excluding carboxylic acids is 1. The molecule has 5 nitrogen and oxygen atoms in total. The first-order valence-corrected chi connectivity index (χ1v) is 9.13. The first-order valence-electron chi connectivity index (χ1n) is 8.19. The van der Waals surface area contributed by atoms with Gasteiger partial charge in [0, 0.05) is 32.0 Å². The van der Waals surface area contributed by atoms with Gasteiger partial charge in [-0.3, -0.25) is 14.4 Å². The van der Waals surface area contributed by atoms with Gasteiger partial charge >= 0.3 is 0 Å².